The van der Waals surface area contributed by atoms with Crippen molar-refractivity contribution in [2.75, 3.05) is 54.1 Å². The van der Waals surface area contributed by atoms with E-state index in [9.17, 15) is 5.11 Å². The first-order valence-electron chi connectivity index (χ1n) is 10.9. The standard InChI is InChI=1S/C25H34NO4/c1-28-19-18-26-15-12-24(13-16-26,14-17-26)25(27,20-4-8-22(29-2)9-5-20)21-6-10-23(30-3)11-7-21/h4-11,27H,12-19H2,1-3H3/q+1. The second-order valence-corrected chi connectivity index (χ2v) is 8.93. The van der Waals surface area contributed by atoms with Crippen molar-refractivity contribution in [1.82, 2.24) is 0 Å². The van der Waals surface area contributed by atoms with Crippen LogP contribution in [0.25, 0.3) is 0 Å². The molecule has 2 aromatic carbocycles. The number of ether oxygens (including phenoxy) is 3. The smallest absolute Gasteiger partial charge is 0.121 e. The second-order valence-electron chi connectivity index (χ2n) is 8.93. The monoisotopic (exact) mass is 412 g/mol. The lowest BCUT2D eigenvalue weighted by Gasteiger charge is -2.60. The van der Waals surface area contributed by atoms with Gasteiger partial charge in [0.15, 0.2) is 0 Å². The van der Waals surface area contributed by atoms with Gasteiger partial charge in [0.05, 0.1) is 40.5 Å². The highest BCUT2D eigenvalue weighted by atomic mass is 16.5. The Hall–Kier alpha value is -2.08. The van der Waals surface area contributed by atoms with Crippen LogP contribution in [0, 0.1) is 5.41 Å². The highest BCUT2D eigenvalue weighted by molar-refractivity contribution is 5.43. The van der Waals surface area contributed by atoms with Crippen molar-refractivity contribution in [1.29, 1.82) is 0 Å². The van der Waals surface area contributed by atoms with Crippen LogP contribution in [-0.2, 0) is 10.3 Å². The third-order valence-electron chi connectivity index (χ3n) is 7.75. The molecule has 0 spiro atoms. The molecule has 0 atom stereocenters. The molecule has 3 heterocycles. The molecule has 5 nitrogen and oxygen atoms in total. The molecule has 3 aliphatic heterocycles. The summed E-state index contributed by atoms with van der Waals surface area (Å²) in [5, 5.41) is 12.5. The van der Waals surface area contributed by atoms with Gasteiger partial charge in [0, 0.05) is 31.8 Å². The largest absolute Gasteiger partial charge is 0.497 e. The Kier molecular flexibility index (Phi) is 5.80. The lowest BCUT2D eigenvalue weighted by Crippen LogP contribution is -2.67. The van der Waals surface area contributed by atoms with Crippen LogP contribution >= 0.6 is 0 Å². The molecule has 0 amide bonds. The summed E-state index contributed by atoms with van der Waals surface area (Å²) in [4.78, 5) is 0. The molecule has 0 aliphatic carbocycles. The number of hydrogen-bond acceptors (Lipinski definition) is 4. The van der Waals surface area contributed by atoms with Crippen LogP contribution in [0.15, 0.2) is 48.5 Å². The van der Waals surface area contributed by atoms with Gasteiger partial charge in [0.2, 0.25) is 0 Å². The molecule has 5 heteroatoms. The van der Waals surface area contributed by atoms with Crippen molar-refractivity contribution in [3.05, 3.63) is 59.7 Å². The van der Waals surface area contributed by atoms with Crippen molar-refractivity contribution >= 4 is 0 Å². The van der Waals surface area contributed by atoms with Crippen LogP contribution in [0.1, 0.15) is 30.4 Å². The molecule has 0 radical (unpaired) electrons. The molecule has 1 N–H and O–H groups in total. The average molecular weight is 413 g/mol. The minimum absolute atomic E-state index is 0.177. The number of fused-ring (bicyclic) bond motifs is 3. The van der Waals surface area contributed by atoms with Gasteiger partial charge in [-0.1, -0.05) is 24.3 Å². The maximum atomic E-state index is 12.5. The summed E-state index contributed by atoms with van der Waals surface area (Å²) in [6, 6.07) is 15.9. The van der Waals surface area contributed by atoms with Crippen molar-refractivity contribution in [2.24, 2.45) is 5.41 Å². The number of hydrogen-bond donors (Lipinski definition) is 1. The van der Waals surface area contributed by atoms with Gasteiger partial charge in [-0.05, 0) is 35.4 Å². The third-order valence-corrected chi connectivity index (χ3v) is 7.75. The van der Waals surface area contributed by atoms with E-state index < -0.39 is 5.60 Å². The number of methoxy groups -OCH3 is 3. The van der Waals surface area contributed by atoms with E-state index in [-0.39, 0.29) is 5.41 Å². The molecule has 0 unspecified atom stereocenters. The van der Waals surface area contributed by atoms with Crippen molar-refractivity contribution in [3.8, 4) is 11.5 Å². The molecule has 3 saturated heterocycles. The zero-order valence-electron chi connectivity index (χ0n) is 18.4. The van der Waals surface area contributed by atoms with E-state index in [4.69, 9.17) is 14.2 Å². The summed E-state index contributed by atoms with van der Waals surface area (Å²) >= 11 is 0. The van der Waals surface area contributed by atoms with Crippen LogP contribution in [0.2, 0.25) is 0 Å². The SMILES string of the molecule is COCC[N+]12CCC(C(O)(c3ccc(OC)cc3)c3ccc(OC)cc3)(CC1)CC2. The van der Waals surface area contributed by atoms with Gasteiger partial charge in [0.25, 0.3) is 0 Å². The Balaban J connectivity index is 1.74. The van der Waals surface area contributed by atoms with E-state index in [1.807, 2.05) is 48.5 Å². The van der Waals surface area contributed by atoms with Crippen LogP contribution in [0.5, 0.6) is 11.5 Å². The highest BCUT2D eigenvalue weighted by Gasteiger charge is 2.60. The molecule has 3 aliphatic rings. The predicted molar refractivity (Wildman–Crippen MR) is 117 cm³/mol. The van der Waals surface area contributed by atoms with Gasteiger partial charge >= 0.3 is 0 Å². The normalized spacial score (nSPS) is 25.9. The molecular weight excluding hydrogens is 378 g/mol. The summed E-state index contributed by atoms with van der Waals surface area (Å²) in [6.45, 7) is 5.15. The van der Waals surface area contributed by atoms with Crippen molar-refractivity contribution in [2.45, 2.75) is 24.9 Å². The molecule has 30 heavy (non-hydrogen) atoms. The quantitative estimate of drug-likeness (QED) is 0.673. The van der Waals surface area contributed by atoms with Gasteiger partial charge in [-0.25, -0.2) is 0 Å². The summed E-state index contributed by atoms with van der Waals surface area (Å²) < 4.78 is 17.2. The fraction of sp³-hybridized carbons (Fsp3) is 0.520. The second kappa shape index (κ2) is 8.22. The van der Waals surface area contributed by atoms with Crippen molar-refractivity contribution < 1.29 is 23.8 Å². The first kappa shape index (κ1) is 21.2. The van der Waals surface area contributed by atoms with Gasteiger partial charge < -0.3 is 23.8 Å². The van der Waals surface area contributed by atoms with E-state index in [0.717, 1.165) is 79.2 Å². The fourth-order valence-corrected chi connectivity index (χ4v) is 5.67. The maximum absolute atomic E-state index is 12.5. The minimum Gasteiger partial charge on any atom is -0.497 e. The zero-order valence-corrected chi connectivity index (χ0v) is 18.4. The number of rotatable bonds is 8. The van der Waals surface area contributed by atoms with Gasteiger partial charge in [-0.15, -0.1) is 0 Å². The molecule has 3 fully saturated rings. The van der Waals surface area contributed by atoms with E-state index in [2.05, 4.69) is 0 Å². The molecule has 2 aromatic rings. The van der Waals surface area contributed by atoms with Crippen LogP contribution in [0.4, 0.5) is 0 Å². The van der Waals surface area contributed by atoms with Crippen LogP contribution < -0.4 is 9.47 Å². The Morgan fingerprint density at radius 2 is 1.23 bits per heavy atom. The zero-order chi connectivity index (χ0) is 21.2. The lowest BCUT2D eigenvalue weighted by molar-refractivity contribution is -0.946. The van der Waals surface area contributed by atoms with E-state index in [0.29, 0.717) is 0 Å². The summed E-state index contributed by atoms with van der Waals surface area (Å²) in [6.07, 6.45) is 3.02. The number of nitrogens with zero attached hydrogens (tertiary/aromatic N) is 1. The Bertz CT molecular complexity index is 774. The van der Waals surface area contributed by atoms with E-state index in [1.165, 1.54) is 0 Å². The highest BCUT2D eigenvalue weighted by Crippen LogP contribution is 2.57. The maximum Gasteiger partial charge on any atom is 0.121 e. The number of quaternary nitrogens is 1. The summed E-state index contributed by atoms with van der Waals surface area (Å²) in [5.41, 5.74) is 0.645. The molecule has 162 valence electrons. The Morgan fingerprint density at radius 1 is 0.800 bits per heavy atom. The van der Waals surface area contributed by atoms with Gasteiger partial charge in [-0.2, -0.15) is 0 Å². The lowest BCUT2D eigenvalue weighted by atomic mass is 9.56. The first-order chi connectivity index (χ1) is 14.5. The van der Waals surface area contributed by atoms with Crippen LogP contribution in [-0.4, -0.2) is 63.7 Å². The summed E-state index contributed by atoms with van der Waals surface area (Å²) in [7, 11) is 5.12. The molecule has 0 aromatic heterocycles. The van der Waals surface area contributed by atoms with Gasteiger partial charge in [-0.3, -0.25) is 0 Å². The molecule has 5 rings (SSSR count). The first-order valence-corrected chi connectivity index (χ1v) is 10.9. The van der Waals surface area contributed by atoms with Crippen LogP contribution in [0.3, 0.4) is 0 Å². The molecule has 2 bridgehead atoms. The predicted octanol–water partition coefficient (Wildman–Crippen LogP) is 3.59. The molecule has 0 saturated carbocycles. The molecular formula is C25H34NO4+. The van der Waals surface area contributed by atoms with Crippen molar-refractivity contribution in [3.63, 3.8) is 0 Å². The third kappa shape index (κ3) is 3.39. The van der Waals surface area contributed by atoms with E-state index >= 15 is 0 Å². The fourth-order valence-electron chi connectivity index (χ4n) is 5.67. The summed E-state index contributed by atoms with van der Waals surface area (Å²) in [5.74, 6) is 1.60. The average Bonchev–Trinajstić information content (AvgIpc) is 2.83. The Labute approximate surface area is 179 Å². The van der Waals surface area contributed by atoms with E-state index in [1.54, 1.807) is 21.3 Å². The van der Waals surface area contributed by atoms with Gasteiger partial charge in [0.1, 0.15) is 23.6 Å². The number of piperidine rings is 3. The number of aliphatic hydroxyl groups is 1. The topological polar surface area (TPSA) is 47.9 Å². The Morgan fingerprint density at radius 3 is 1.60 bits per heavy atom. The minimum atomic E-state index is -1.05. The number of benzene rings is 2.